The molecule has 3 fully saturated rings. The van der Waals surface area contributed by atoms with Crippen molar-refractivity contribution in [3.05, 3.63) is 34.9 Å². The SMILES string of the molecule is O=C(N=C1S[C@H]2CS(=O)(=O)C[C@H]2N1Cc1ccc(Cl)cc1)[C@@H]1CCCO1. The summed E-state index contributed by atoms with van der Waals surface area (Å²) in [7, 11) is -3.05. The maximum atomic E-state index is 12.4. The van der Waals surface area contributed by atoms with Crippen molar-refractivity contribution in [1.29, 1.82) is 0 Å². The Kier molecular flexibility index (Phi) is 5.02. The number of amides is 1. The van der Waals surface area contributed by atoms with Crippen LogP contribution < -0.4 is 0 Å². The first-order chi connectivity index (χ1) is 12.4. The fourth-order valence-corrected chi connectivity index (χ4v) is 7.63. The average molecular weight is 415 g/mol. The summed E-state index contributed by atoms with van der Waals surface area (Å²) >= 11 is 7.34. The van der Waals surface area contributed by atoms with Crippen molar-refractivity contribution in [2.75, 3.05) is 18.1 Å². The summed E-state index contributed by atoms with van der Waals surface area (Å²) in [5.41, 5.74) is 0.997. The van der Waals surface area contributed by atoms with Gasteiger partial charge in [-0.25, -0.2) is 8.42 Å². The Morgan fingerprint density at radius 3 is 2.77 bits per heavy atom. The zero-order valence-electron chi connectivity index (χ0n) is 14.0. The standard InChI is InChI=1S/C17H19ClN2O4S2/c18-12-5-3-11(4-6-12)8-20-13-9-26(22,23)10-15(13)25-17(20)19-16(21)14-2-1-7-24-14/h3-6,13-15H,1-2,7-10H2/t13-,14+,15+/m1/s1. The van der Waals surface area contributed by atoms with Crippen LogP contribution in [0.25, 0.3) is 0 Å². The number of nitrogens with zero attached hydrogens (tertiary/aromatic N) is 2. The van der Waals surface area contributed by atoms with E-state index in [4.69, 9.17) is 16.3 Å². The number of hydrogen-bond donors (Lipinski definition) is 0. The molecule has 3 aliphatic heterocycles. The van der Waals surface area contributed by atoms with Crippen molar-refractivity contribution in [3.63, 3.8) is 0 Å². The highest BCUT2D eigenvalue weighted by molar-refractivity contribution is 8.15. The number of carbonyl (C=O) groups is 1. The molecule has 4 rings (SSSR count). The molecule has 6 nitrogen and oxygen atoms in total. The fourth-order valence-electron chi connectivity index (χ4n) is 3.55. The van der Waals surface area contributed by atoms with Gasteiger partial charge >= 0.3 is 0 Å². The lowest BCUT2D eigenvalue weighted by molar-refractivity contribution is -0.126. The summed E-state index contributed by atoms with van der Waals surface area (Å²) in [6.45, 7) is 1.09. The monoisotopic (exact) mass is 414 g/mol. The maximum Gasteiger partial charge on any atom is 0.277 e. The molecule has 3 saturated heterocycles. The van der Waals surface area contributed by atoms with Gasteiger partial charge in [0.15, 0.2) is 15.0 Å². The fraction of sp³-hybridized carbons (Fsp3) is 0.529. The minimum Gasteiger partial charge on any atom is -0.368 e. The minimum absolute atomic E-state index is 0.0802. The Labute approximate surface area is 161 Å². The first kappa shape index (κ1) is 18.3. The molecule has 0 aliphatic carbocycles. The van der Waals surface area contributed by atoms with Crippen molar-refractivity contribution >= 4 is 44.3 Å². The van der Waals surface area contributed by atoms with E-state index in [-0.39, 0.29) is 28.7 Å². The largest absolute Gasteiger partial charge is 0.368 e. The van der Waals surface area contributed by atoms with E-state index >= 15 is 0 Å². The Bertz CT molecular complexity index is 835. The summed E-state index contributed by atoms with van der Waals surface area (Å²) in [6.07, 6.45) is 1.09. The van der Waals surface area contributed by atoms with E-state index in [1.165, 1.54) is 11.8 Å². The highest BCUT2D eigenvalue weighted by atomic mass is 35.5. The van der Waals surface area contributed by atoms with Crippen LogP contribution in [0.3, 0.4) is 0 Å². The van der Waals surface area contributed by atoms with Crippen molar-refractivity contribution in [3.8, 4) is 0 Å². The highest BCUT2D eigenvalue weighted by Crippen LogP contribution is 2.39. The molecule has 140 valence electrons. The van der Waals surface area contributed by atoms with Gasteiger partial charge < -0.3 is 9.64 Å². The predicted octanol–water partition coefficient (Wildman–Crippen LogP) is 2.12. The second-order valence-electron chi connectivity index (χ2n) is 6.79. The number of ether oxygens (including phenoxy) is 1. The van der Waals surface area contributed by atoms with Gasteiger partial charge in [-0.3, -0.25) is 4.79 Å². The molecule has 3 heterocycles. The average Bonchev–Trinajstić information content (AvgIpc) is 3.27. The number of benzene rings is 1. The van der Waals surface area contributed by atoms with Crippen molar-refractivity contribution in [2.24, 2.45) is 4.99 Å². The second-order valence-corrected chi connectivity index (χ2v) is 10.6. The van der Waals surface area contributed by atoms with Crippen LogP contribution in [0.15, 0.2) is 29.3 Å². The molecule has 26 heavy (non-hydrogen) atoms. The third kappa shape index (κ3) is 3.78. The van der Waals surface area contributed by atoms with Crippen molar-refractivity contribution in [1.82, 2.24) is 4.90 Å². The molecular formula is C17H19ClN2O4S2. The quantitative estimate of drug-likeness (QED) is 0.754. The van der Waals surface area contributed by atoms with Crippen LogP contribution in [0.1, 0.15) is 18.4 Å². The number of carbonyl (C=O) groups excluding carboxylic acids is 1. The zero-order chi connectivity index (χ0) is 18.3. The summed E-state index contributed by atoms with van der Waals surface area (Å²) in [4.78, 5) is 18.7. The van der Waals surface area contributed by atoms with E-state index in [0.29, 0.717) is 29.8 Å². The van der Waals surface area contributed by atoms with Crippen LogP contribution in [0, 0.1) is 0 Å². The normalized spacial score (nSPS) is 31.5. The smallest absolute Gasteiger partial charge is 0.277 e. The topological polar surface area (TPSA) is 76.0 Å². The lowest BCUT2D eigenvalue weighted by atomic mass is 10.1. The Morgan fingerprint density at radius 2 is 2.08 bits per heavy atom. The van der Waals surface area contributed by atoms with Gasteiger partial charge in [0.1, 0.15) is 6.10 Å². The Morgan fingerprint density at radius 1 is 1.31 bits per heavy atom. The van der Waals surface area contributed by atoms with E-state index < -0.39 is 15.9 Å². The van der Waals surface area contributed by atoms with E-state index in [0.717, 1.165) is 12.0 Å². The number of sulfone groups is 1. The van der Waals surface area contributed by atoms with Gasteiger partial charge in [-0.15, -0.1) is 0 Å². The Balaban J connectivity index is 1.59. The van der Waals surface area contributed by atoms with Gasteiger partial charge in [0.2, 0.25) is 0 Å². The molecule has 0 N–H and O–H groups in total. The van der Waals surface area contributed by atoms with Gasteiger partial charge in [-0.05, 0) is 30.5 Å². The van der Waals surface area contributed by atoms with E-state index in [1.54, 1.807) is 12.1 Å². The molecule has 0 radical (unpaired) electrons. The van der Waals surface area contributed by atoms with E-state index in [1.807, 2.05) is 17.0 Å². The van der Waals surface area contributed by atoms with Gasteiger partial charge in [0, 0.05) is 23.4 Å². The molecule has 0 saturated carbocycles. The summed E-state index contributed by atoms with van der Waals surface area (Å²) in [5.74, 6) is -0.0354. The van der Waals surface area contributed by atoms with Gasteiger partial charge in [-0.2, -0.15) is 4.99 Å². The lowest BCUT2D eigenvalue weighted by Crippen LogP contribution is -2.37. The molecule has 0 spiro atoms. The second kappa shape index (κ2) is 7.14. The summed E-state index contributed by atoms with van der Waals surface area (Å²) < 4.78 is 29.5. The van der Waals surface area contributed by atoms with Crippen molar-refractivity contribution < 1.29 is 17.9 Å². The van der Waals surface area contributed by atoms with Crippen LogP contribution in [0.2, 0.25) is 5.02 Å². The van der Waals surface area contributed by atoms with Crippen LogP contribution in [-0.4, -0.2) is 59.9 Å². The number of thioether (sulfide) groups is 1. The molecular weight excluding hydrogens is 396 g/mol. The van der Waals surface area contributed by atoms with Crippen LogP contribution in [0.5, 0.6) is 0 Å². The van der Waals surface area contributed by atoms with E-state index in [9.17, 15) is 13.2 Å². The molecule has 1 aromatic carbocycles. The minimum atomic E-state index is -3.05. The molecule has 3 aliphatic rings. The number of hydrogen-bond acceptors (Lipinski definition) is 5. The molecule has 1 aromatic rings. The maximum absolute atomic E-state index is 12.4. The first-order valence-electron chi connectivity index (χ1n) is 8.53. The van der Waals surface area contributed by atoms with Crippen LogP contribution in [0.4, 0.5) is 0 Å². The van der Waals surface area contributed by atoms with Crippen LogP contribution in [-0.2, 0) is 25.9 Å². The predicted molar refractivity (Wildman–Crippen MR) is 102 cm³/mol. The first-order valence-corrected chi connectivity index (χ1v) is 11.6. The van der Waals surface area contributed by atoms with Crippen molar-refractivity contribution in [2.45, 2.75) is 36.8 Å². The van der Waals surface area contributed by atoms with E-state index in [2.05, 4.69) is 4.99 Å². The number of fused-ring (bicyclic) bond motifs is 1. The molecule has 0 bridgehead atoms. The van der Waals surface area contributed by atoms with Gasteiger partial charge in [-0.1, -0.05) is 35.5 Å². The van der Waals surface area contributed by atoms with Gasteiger partial charge in [0.05, 0.1) is 17.5 Å². The molecule has 0 unspecified atom stereocenters. The highest BCUT2D eigenvalue weighted by Gasteiger charge is 2.48. The summed E-state index contributed by atoms with van der Waals surface area (Å²) in [5, 5.41) is 1.17. The molecule has 9 heteroatoms. The summed E-state index contributed by atoms with van der Waals surface area (Å²) in [6, 6.07) is 7.26. The number of aliphatic imine (C=N–C) groups is 1. The molecule has 3 atom stereocenters. The lowest BCUT2D eigenvalue weighted by Gasteiger charge is -2.24. The van der Waals surface area contributed by atoms with Crippen LogP contribution >= 0.6 is 23.4 Å². The third-order valence-electron chi connectivity index (χ3n) is 4.85. The number of halogens is 1. The third-order valence-corrected chi connectivity index (χ3v) is 8.35. The molecule has 1 amide bonds. The number of amidine groups is 1. The zero-order valence-corrected chi connectivity index (χ0v) is 16.4. The number of rotatable bonds is 3. The van der Waals surface area contributed by atoms with Gasteiger partial charge in [0.25, 0.3) is 5.91 Å². The molecule has 0 aromatic heterocycles. The Hall–Kier alpha value is -1.09.